The molecule has 6 heteroatoms. The lowest BCUT2D eigenvalue weighted by Gasteiger charge is -2.26. The van der Waals surface area contributed by atoms with E-state index in [1.165, 1.54) is 13.8 Å². The van der Waals surface area contributed by atoms with E-state index in [4.69, 9.17) is 0 Å². The minimum absolute atomic E-state index is 0.0216. The van der Waals surface area contributed by atoms with Crippen LogP contribution in [-0.2, 0) is 14.3 Å². The topological polar surface area (TPSA) is 46.6 Å². The van der Waals surface area contributed by atoms with Crippen LogP contribution < -0.4 is 0 Å². The summed E-state index contributed by atoms with van der Waals surface area (Å²) in [5.41, 5.74) is -1.41. The van der Waals surface area contributed by atoms with Gasteiger partial charge in [-0.3, -0.25) is 9.59 Å². The third-order valence-corrected chi connectivity index (χ3v) is 2.69. The highest BCUT2D eigenvalue weighted by Gasteiger charge is 2.47. The SMILES string of the molecule is COC(=O)C(C)(C)C(=O)N1CCC(F)(F)C1. The number of esters is 1. The number of ether oxygens (including phenoxy) is 1. The zero-order valence-corrected chi connectivity index (χ0v) is 9.55. The van der Waals surface area contributed by atoms with Gasteiger partial charge in [-0.05, 0) is 13.8 Å². The van der Waals surface area contributed by atoms with Crippen molar-refractivity contribution in [1.29, 1.82) is 0 Å². The number of likely N-dealkylation sites (tertiary alicyclic amines) is 1. The van der Waals surface area contributed by atoms with Gasteiger partial charge in [0.05, 0.1) is 13.7 Å². The fourth-order valence-corrected chi connectivity index (χ4v) is 1.65. The average molecular weight is 235 g/mol. The van der Waals surface area contributed by atoms with E-state index >= 15 is 0 Å². The lowest BCUT2D eigenvalue weighted by molar-refractivity contribution is -0.161. The molecular formula is C10H15F2NO3. The number of amides is 1. The summed E-state index contributed by atoms with van der Waals surface area (Å²) in [6, 6.07) is 0. The van der Waals surface area contributed by atoms with Crippen molar-refractivity contribution in [3.05, 3.63) is 0 Å². The second kappa shape index (κ2) is 3.99. The summed E-state index contributed by atoms with van der Waals surface area (Å²) >= 11 is 0. The fraction of sp³-hybridized carbons (Fsp3) is 0.800. The van der Waals surface area contributed by atoms with Crippen LogP contribution >= 0.6 is 0 Å². The highest BCUT2D eigenvalue weighted by Crippen LogP contribution is 2.30. The van der Waals surface area contributed by atoms with Gasteiger partial charge < -0.3 is 9.64 Å². The molecule has 0 unspecified atom stereocenters. The van der Waals surface area contributed by atoms with Gasteiger partial charge in [-0.25, -0.2) is 8.78 Å². The van der Waals surface area contributed by atoms with Crippen molar-refractivity contribution >= 4 is 11.9 Å². The molecule has 16 heavy (non-hydrogen) atoms. The molecule has 0 spiro atoms. The van der Waals surface area contributed by atoms with E-state index in [1.807, 2.05) is 0 Å². The molecule has 0 aromatic heterocycles. The number of nitrogens with zero attached hydrogens (tertiary/aromatic N) is 1. The quantitative estimate of drug-likeness (QED) is 0.531. The van der Waals surface area contributed by atoms with Crippen LogP contribution in [0.3, 0.4) is 0 Å². The molecule has 1 rings (SSSR count). The van der Waals surface area contributed by atoms with E-state index in [1.54, 1.807) is 0 Å². The Labute approximate surface area is 92.5 Å². The van der Waals surface area contributed by atoms with Gasteiger partial charge >= 0.3 is 5.97 Å². The Balaban J connectivity index is 2.76. The van der Waals surface area contributed by atoms with Crippen LogP contribution in [0.15, 0.2) is 0 Å². The van der Waals surface area contributed by atoms with Crippen LogP contribution in [0.4, 0.5) is 8.78 Å². The molecule has 1 heterocycles. The number of carbonyl (C=O) groups is 2. The summed E-state index contributed by atoms with van der Waals surface area (Å²) in [5, 5.41) is 0. The smallest absolute Gasteiger partial charge is 0.320 e. The molecule has 0 radical (unpaired) electrons. The van der Waals surface area contributed by atoms with Crippen LogP contribution in [0.5, 0.6) is 0 Å². The maximum absolute atomic E-state index is 12.9. The van der Waals surface area contributed by atoms with Gasteiger partial charge in [0.15, 0.2) is 0 Å². The zero-order valence-electron chi connectivity index (χ0n) is 9.55. The Morgan fingerprint density at radius 1 is 1.38 bits per heavy atom. The Bertz CT molecular complexity index is 315. The van der Waals surface area contributed by atoms with Crippen molar-refractivity contribution in [2.45, 2.75) is 26.2 Å². The van der Waals surface area contributed by atoms with Crippen molar-refractivity contribution in [2.24, 2.45) is 5.41 Å². The minimum atomic E-state index is -2.85. The maximum Gasteiger partial charge on any atom is 0.320 e. The molecule has 1 fully saturated rings. The highest BCUT2D eigenvalue weighted by atomic mass is 19.3. The maximum atomic E-state index is 12.9. The number of halogens is 2. The summed E-state index contributed by atoms with van der Waals surface area (Å²) in [6.07, 6.45) is -0.351. The van der Waals surface area contributed by atoms with Gasteiger partial charge in [-0.15, -0.1) is 0 Å². The van der Waals surface area contributed by atoms with E-state index in [2.05, 4.69) is 4.74 Å². The van der Waals surface area contributed by atoms with Crippen molar-refractivity contribution in [3.8, 4) is 0 Å². The lowest BCUT2D eigenvalue weighted by atomic mass is 9.92. The molecule has 4 nitrogen and oxygen atoms in total. The van der Waals surface area contributed by atoms with Gasteiger partial charge in [0, 0.05) is 13.0 Å². The molecule has 1 amide bonds. The predicted molar refractivity (Wildman–Crippen MR) is 51.9 cm³/mol. The van der Waals surface area contributed by atoms with Crippen LogP contribution in [0.25, 0.3) is 0 Å². The summed E-state index contributed by atoms with van der Waals surface area (Å²) < 4.78 is 30.3. The van der Waals surface area contributed by atoms with E-state index in [9.17, 15) is 18.4 Å². The van der Waals surface area contributed by atoms with Gasteiger partial charge in [0.2, 0.25) is 5.91 Å². The second-order valence-electron chi connectivity index (χ2n) is 4.45. The number of rotatable bonds is 2. The molecule has 0 aliphatic carbocycles. The van der Waals surface area contributed by atoms with Gasteiger partial charge in [-0.1, -0.05) is 0 Å². The number of hydrogen-bond acceptors (Lipinski definition) is 3. The average Bonchev–Trinajstić information content (AvgIpc) is 2.56. The molecule has 1 saturated heterocycles. The summed E-state index contributed by atoms with van der Waals surface area (Å²) in [5.74, 6) is -4.17. The summed E-state index contributed by atoms with van der Waals surface area (Å²) in [7, 11) is 1.16. The lowest BCUT2D eigenvalue weighted by Crippen LogP contribution is -2.45. The Kier molecular flexibility index (Phi) is 3.21. The number of methoxy groups -OCH3 is 1. The standard InChI is InChI=1S/C10H15F2NO3/c1-9(2,8(15)16-3)7(14)13-5-4-10(11,12)6-13/h4-6H2,1-3H3. The first-order chi connectivity index (χ1) is 7.20. The molecule has 0 aromatic rings. The van der Waals surface area contributed by atoms with Crippen LogP contribution in [0, 0.1) is 5.41 Å². The van der Waals surface area contributed by atoms with Crippen molar-refractivity contribution < 1.29 is 23.1 Å². The van der Waals surface area contributed by atoms with Crippen LogP contribution in [0.2, 0.25) is 0 Å². The first kappa shape index (κ1) is 12.9. The second-order valence-corrected chi connectivity index (χ2v) is 4.45. The Morgan fingerprint density at radius 3 is 2.31 bits per heavy atom. The van der Waals surface area contributed by atoms with Crippen LogP contribution in [-0.4, -0.2) is 42.9 Å². The molecule has 0 aromatic carbocycles. The van der Waals surface area contributed by atoms with Gasteiger partial charge in [-0.2, -0.15) is 0 Å². The minimum Gasteiger partial charge on any atom is -0.468 e. The van der Waals surface area contributed by atoms with Gasteiger partial charge in [0.1, 0.15) is 5.41 Å². The Hall–Kier alpha value is -1.20. The largest absolute Gasteiger partial charge is 0.468 e. The first-order valence-electron chi connectivity index (χ1n) is 4.96. The third-order valence-electron chi connectivity index (χ3n) is 2.69. The first-order valence-corrected chi connectivity index (χ1v) is 4.96. The third kappa shape index (κ3) is 2.31. The Morgan fingerprint density at radius 2 is 1.94 bits per heavy atom. The van der Waals surface area contributed by atoms with E-state index in [0.29, 0.717) is 0 Å². The summed E-state index contributed by atoms with van der Waals surface area (Å²) in [6.45, 7) is 2.10. The molecule has 0 N–H and O–H groups in total. The number of alkyl halides is 2. The molecule has 92 valence electrons. The van der Waals surface area contributed by atoms with E-state index in [0.717, 1.165) is 12.0 Å². The fourth-order valence-electron chi connectivity index (χ4n) is 1.65. The number of carbonyl (C=O) groups excluding carboxylic acids is 2. The van der Waals surface area contributed by atoms with Crippen LogP contribution in [0.1, 0.15) is 20.3 Å². The van der Waals surface area contributed by atoms with Crippen molar-refractivity contribution in [3.63, 3.8) is 0 Å². The summed E-state index contributed by atoms with van der Waals surface area (Å²) in [4.78, 5) is 24.2. The molecule has 0 bridgehead atoms. The molecular weight excluding hydrogens is 220 g/mol. The monoisotopic (exact) mass is 235 g/mol. The van der Waals surface area contributed by atoms with E-state index < -0.39 is 29.8 Å². The van der Waals surface area contributed by atoms with Gasteiger partial charge in [0.25, 0.3) is 5.92 Å². The predicted octanol–water partition coefficient (Wildman–Crippen LogP) is 1.05. The van der Waals surface area contributed by atoms with E-state index in [-0.39, 0.29) is 13.0 Å². The van der Waals surface area contributed by atoms with Crippen molar-refractivity contribution in [2.75, 3.05) is 20.2 Å². The number of hydrogen-bond donors (Lipinski definition) is 0. The van der Waals surface area contributed by atoms with Crippen molar-refractivity contribution in [1.82, 2.24) is 4.90 Å². The molecule has 0 atom stereocenters. The highest BCUT2D eigenvalue weighted by molar-refractivity contribution is 6.01. The molecule has 1 aliphatic heterocycles. The normalized spacial score (nSPS) is 19.7. The molecule has 0 saturated carbocycles. The zero-order chi connectivity index (χ0) is 12.6. The molecule has 1 aliphatic rings.